The second-order valence-electron chi connectivity index (χ2n) is 4.41. The number of hydrogen-bond acceptors (Lipinski definition) is 3. The van der Waals surface area contributed by atoms with Crippen LogP contribution < -0.4 is 5.32 Å². The molecule has 1 aromatic carbocycles. The number of aryl methyl sites for hydroxylation is 1. The molecule has 0 heterocycles. The number of benzene rings is 1. The number of aromatic hydroxyl groups is 1. The van der Waals surface area contributed by atoms with Crippen molar-refractivity contribution in [2.45, 2.75) is 13.3 Å². The monoisotopic (exact) mass is 236 g/mol. The molecule has 1 rings (SSSR count). The maximum absolute atomic E-state index is 11.8. The minimum atomic E-state index is -0.0822. The zero-order chi connectivity index (χ0) is 12.8. The van der Waals surface area contributed by atoms with Gasteiger partial charge >= 0.3 is 0 Å². The van der Waals surface area contributed by atoms with Gasteiger partial charge in [-0.3, -0.25) is 4.79 Å². The lowest BCUT2D eigenvalue weighted by Crippen LogP contribution is -2.27. The normalized spacial score (nSPS) is 10.6. The molecular formula is C13H20N2O2. The zero-order valence-corrected chi connectivity index (χ0v) is 10.7. The average Bonchev–Trinajstić information content (AvgIpc) is 2.23. The predicted octanol–water partition coefficient (Wildman–Crippen LogP) is 1.38. The molecule has 0 radical (unpaired) electrons. The van der Waals surface area contributed by atoms with Crippen LogP contribution in [-0.4, -0.2) is 43.1 Å². The summed E-state index contributed by atoms with van der Waals surface area (Å²) in [4.78, 5) is 13.9. The lowest BCUT2D eigenvalue weighted by atomic mass is 10.1. The molecule has 0 aromatic heterocycles. The van der Waals surface area contributed by atoms with E-state index >= 15 is 0 Å². The van der Waals surface area contributed by atoms with Crippen LogP contribution in [-0.2, 0) is 0 Å². The van der Waals surface area contributed by atoms with Gasteiger partial charge in [-0.15, -0.1) is 0 Å². The minimum Gasteiger partial charge on any atom is -0.508 e. The van der Waals surface area contributed by atoms with Gasteiger partial charge < -0.3 is 15.3 Å². The number of nitrogens with one attached hydrogen (secondary N) is 1. The maximum atomic E-state index is 11.8. The number of nitrogens with zero attached hydrogens (tertiary/aromatic N) is 1. The summed E-state index contributed by atoms with van der Waals surface area (Å²) in [6.07, 6.45) is 0.926. The van der Waals surface area contributed by atoms with Gasteiger partial charge in [-0.2, -0.15) is 0 Å². The van der Waals surface area contributed by atoms with Crippen molar-refractivity contribution >= 4 is 5.91 Å². The van der Waals surface area contributed by atoms with E-state index in [1.807, 2.05) is 21.0 Å². The molecule has 0 saturated carbocycles. The number of rotatable bonds is 5. The Morgan fingerprint density at radius 1 is 1.41 bits per heavy atom. The van der Waals surface area contributed by atoms with E-state index in [-0.39, 0.29) is 11.7 Å². The van der Waals surface area contributed by atoms with E-state index in [2.05, 4.69) is 10.2 Å². The predicted molar refractivity (Wildman–Crippen MR) is 68.3 cm³/mol. The quantitative estimate of drug-likeness (QED) is 0.759. The number of hydrogen-bond donors (Lipinski definition) is 2. The third-order valence-corrected chi connectivity index (χ3v) is 2.52. The zero-order valence-electron chi connectivity index (χ0n) is 10.7. The molecule has 0 aliphatic carbocycles. The fourth-order valence-corrected chi connectivity index (χ4v) is 1.60. The molecule has 2 N–H and O–H groups in total. The van der Waals surface area contributed by atoms with Crippen LogP contribution in [0, 0.1) is 6.92 Å². The Bertz CT molecular complexity index is 389. The number of carbonyl (C=O) groups is 1. The molecule has 0 aliphatic rings. The average molecular weight is 236 g/mol. The first-order chi connectivity index (χ1) is 8.00. The Hall–Kier alpha value is -1.55. The van der Waals surface area contributed by atoms with Gasteiger partial charge in [0.05, 0.1) is 0 Å². The summed E-state index contributed by atoms with van der Waals surface area (Å²) in [5.41, 5.74) is 1.41. The molecule has 0 unspecified atom stereocenters. The second-order valence-corrected chi connectivity index (χ2v) is 4.41. The Morgan fingerprint density at radius 3 is 2.71 bits per heavy atom. The first kappa shape index (κ1) is 13.5. The van der Waals surface area contributed by atoms with Crippen LogP contribution in [0.2, 0.25) is 0 Å². The molecule has 0 fully saturated rings. The lowest BCUT2D eigenvalue weighted by Gasteiger charge is -2.11. The van der Waals surface area contributed by atoms with Crippen LogP contribution >= 0.6 is 0 Å². The summed E-state index contributed by atoms with van der Waals surface area (Å²) < 4.78 is 0. The smallest absolute Gasteiger partial charge is 0.251 e. The lowest BCUT2D eigenvalue weighted by molar-refractivity contribution is 0.0951. The van der Waals surface area contributed by atoms with E-state index in [0.717, 1.165) is 18.5 Å². The van der Waals surface area contributed by atoms with Crippen LogP contribution in [0.4, 0.5) is 0 Å². The Kier molecular flexibility index (Phi) is 4.97. The summed E-state index contributed by atoms with van der Waals surface area (Å²) in [7, 11) is 4.01. The van der Waals surface area contributed by atoms with Gasteiger partial charge in [-0.25, -0.2) is 0 Å². The third-order valence-electron chi connectivity index (χ3n) is 2.52. The number of phenols is 1. The molecular weight excluding hydrogens is 216 g/mol. The maximum Gasteiger partial charge on any atom is 0.251 e. The molecule has 4 heteroatoms. The minimum absolute atomic E-state index is 0.0822. The van der Waals surface area contributed by atoms with E-state index in [9.17, 15) is 9.90 Å². The number of carbonyl (C=O) groups excluding carboxylic acids is 1. The molecule has 0 aliphatic heterocycles. The topological polar surface area (TPSA) is 52.6 Å². The summed E-state index contributed by atoms with van der Waals surface area (Å²) >= 11 is 0. The van der Waals surface area contributed by atoms with Crippen molar-refractivity contribution in [3.05, 3.63) is 29.3 Å². The van der Waals surface area contributed by atoms with Gasteiger partial charge in [0.25, 0.3) is 5.91 Å². The first-order valence-electron chi connectivity index (χ1n) is 5.73. The number of amides is 1. The Morgan fingerprint density at radius 2 is 2.12 bits per heavy atom. The highest BCUT2D eigenvalue weighted by atomic mass is 16.3. The molecule has 0 spiro atoms. The van der Waals surface area contributed by atoms with Gasteiger partial charge in [0.15, 0.2) is 0 Å². The van der Waals surface area contributed by atoms with Crippen molar-refractivity contribution in [1.29, 1.82) is 0 Å². The molecule has 0 bridgehead atoms. The second kappa shape index (κ2) is 6.25. The fraction of sp³-hybridized carbons (Fsp3) is 0.462. The Labute approximate surface area is 102 Å². The Balaban J connectivity index is 2.47. The van der Waals surface area contributed by atoms with Gasteiger partial charge in [0, 0.05) is 12.1 Å². The van der Waals surface area contributed by atoms with Crippen molar-refractivity contribution in [2.24, 2.45) is 0 Å². The highest BCUT2D eigenvalue weighted by Crippen LogP contribution is 2.15. The molecule has 4 nitrogen and oxygen atoms in total. The van der Waals surface area contributed by atoms with Crippen LogP contribution in [0.15, 0.2) is 18.2 Å². The van der Waals surface area contributed by atoms with Crippen LogP contribution in [0.1, 0.15) is 22.3 Å². The fourth-order valence-electron chi connectivity index (χ4n) is 1.60. The van der Waals surface area contributed by atoms with Gasteiger partial charge in [-0.05, 0) is 57.7 Å². The van der Waals surface area contributed by atoms with E-state index in [4.69, 9.17) is 0 Å². The molecule has 0 saturated heterocycles. The van der Waals surface area contributed by atoms with Crippen molar-refractivity contribution in [3.63, 3.8) is 0 Å². The van der Waals surface area contributed by atoms with Crippen molar-refractivity contribution in [1.82, 2.24) is 10.2 Å². The van der Waals surface area contributed by atoms with Gasteiger partial charge in [-0.1, -0.05) is 0 Å². The first-order valence-corrected chi connectivity index (χ1v) is 5.73. The summed E-state index contributed by atoms with van der Waals surface area (Å²) in [6.45, 7) is 3.43. The molecule has 1 aromatic rings. The van der Waals surface area contributed by atoms with E-state index in [0.29, 0.717) is 12.1 Å². The summed E-state index contributed by atoms with van der Waals surface area (Å²) in [5, 5.41) is 12.1. The summed E-state index contributed by atoms with van der Waals surface area (Å²) in [5.74, 6) is 0.105. The molecule has 17 heavy (non-hydrogen) atoms. The number of phenolic OH excluding ortho intramolecular Hbond substituents is 1. The molecule has 1 amide bonds. The molecule has 0 atom stereocenters. The van der Waals surface area contributed by atoms with Gasteiger partial charge in [0.2, 0.25) is 0 Å². The van der Waals surface area contributed by atoms with E-state index < -0.39 is 0 Å². The van der Waals surface area contributed by atoms with E-state index in [1.54, 1.807) is 12.1 Å². The van der Waals surface area contributed by atoms with Crippen LogP contribution in [0.25, 0.3) is 0 Å². The van der Waals surface area contributed by atoms with Crippen molar-refractivity contribution < 1.29 is 9.90 Å². The standard InChI is InChI=1S/C13H20N2O2/c1-10-9-11(16)5-6-12(10)13(17)14-7-4-8-15(2)3/h5-6,9,16H,4,7-8H2,1-3H3,(H,14,17). The van der Waals surface area contributed by atoms with Crippen molar-refractivity contribution in [3.8, 4) is 5.75 Å². The largest absolute Gasteiger partial charge is 0.508 e. The van der Waals surface area contributed by atoms with Crippen molar-refractivity contribution in [2.75, 3.05) is 27.2 Å². The van der Waals surface area contributed by atoms with Crippen LogP contribution in [0.3, 0.4) is 0 Å². The third kappa shape index (κ3) is 4.44. The summed E-state index contributed by atoms with van der Waals surface area (Å²) in [6, 6.07) is 4.77. The van der Waals surface area contributed by atoms with E-state index in [1.165, 1.54) is 6.07 Å². The molecule has 94 valence electrons. The van der Waals surface area contributed by atoms with Gasteiger partial charge in [0.1, 0.15) is 5.75 Å². The highest BCUT2D eigenvalue weighted by Gasteiger charge is 2.08. The highest BCUT2D eigenvalue weighted by molar-refractivity contribution is 5.95. The van der Waals surface area contributed by atoms with Crippen LogP contribution in [0.5, 0.6) is 5.75 Å². The SMILES string of the molecule is Cc1cc(O)ccc1C(=O)NCCCN(C)C.